The first-order valence-electron chi connectivity index (χ1n) is 9.35. The highest BCUT2D eigenvalue weighted by Gasteiger charge is 2.33. The number of sulfone groups is 1. The van der Waals surface area contributed by atoms with Gasteiger partial charge in [0.15, 0.2) is 15.0 Å². The zero-order chi connectivity index (χ0) is 21.6. The molecular formula is C18H23N5O4S3. The van der Waals surface area contributed by atoms with Crippen LogP contribution >= 0.6 is 23.1 Å². The lowest BCUT2D eigenvalue weighted by molar-refractivity contribution is -0.117. The van der Waals surface area contributed by atoms with Crippen molar-refractivity contribution in [3.8, 4) is 0 Å². The number of thiophene rings is 1. The van der Waals surface area contributed by atoms with Crippen LogP contribution < -0.4 is 10.6 Å². The van der Waals surface area contributed by atoms with Crippen LogP contribution in [-0.4, -0.2) is 58.9 Å². The highest BCUT2D eigenvalue weighted by molar-refractivity contribution is 7.99. The van der Waals surface area contributed by atoms with E-state index in [2.05, 4.69) is 27.4 Å². The number of urea groups is 1. The third-order valence-electron chi connectivity index (χ3n) is 4.48. The molecule has 30 heavy (non-hydrogen) atoms. The molecule has 0 bridgehead atoms. The first-order valence-corrected chi connectivity index (χ1v) is 13.0. The summed E-state index contributed by atoms with van der Waals surface area (Å²) in [5.41, 5.74) is 0. The molecule has 0 saturated carbocycles. The highest BCUT2D eigenvalue weighted by Crippen LogP contribution is 2.30. The third-order valence-corrected chi connectivity index (χ3v) is 8.15. The fourth-order valence-corrected chi connectivity index (χ4v) is 6.30. The Morgan fingerprint density at radius 2 is 2.23 bits per heavy atom. The maximum absolute atomic E-state index is 12.1. The van der Waals surface area contributed by atoms with Gasteiger partial charge in [-0.1, -0.05) is 23.9 Å². The van der Waals surface area contributed by atoms with Gasteiger partial charge in [-0.15, -0.1) is 28.1 Å². The van der Waals surface area contributed by atoms with Gasteiger partial charge in [0.1, 0.15) is 5.82 Å². The number of hydrogen-bond donors (Lipinski definition) is 2. The van der Waals surface area contributed by atoms with Crippen molar-refractivity contribution in [3.05, 3.63) is 40.9 Å². The number of hydrogen-bond acceptors (Lipinski definition) is 8. The van der Waals surface area contributed by atoms with E-state index in [4.69, 9.17) is 0 Å². The van der Waals surface area contributed by atoms with E-state index in [1.54, 1.807) is 22.0 Å². The van der Waals surface area contributed by atoms with Gasteiger partial charge in [-0.2, -0.15) is 0 Å². The third kappa shape index (κ3) is 6.16. The molecule has 1 saturated heterocycles. The van der Waals surface area contributed by atoms with Gasteiger partial charge >= 0.3 is 6.03 Å². The molecular weight excluding hydrogens is 446 g/mol. The fourth-order valence-electron chi connectivity index (χ4n) is 3.10. The van der Waals surface area contributed by atoms with E-state index < -0.39 is 21.8 Å². The van der Waals surface area contributed by atoms with E-state index in [-0.39, 0.29) is 23.2 Å². The summed E-state index contributed by atoms with van der Waals surface area (Å²) in [4.78, 5) is 25.1. The van der Waals surface area contributed by atoms with Crippen LogP contribution in [0.1, 0.15) is 23.0 Å². The van der Waals surface area contributed by atoms with Crippen LogP contribution in [-0.2, 0) is 27.6 Å². The summed E-state index contributed by atoms with van der Waals surface area (Å²) < 4.78 is 25.3. The van der Waals surface area contributed by atoms with Crippen molar-refractivity contribution in [2.45, 2.75) is 30.5 Å². The van der Waals surface area contributed by atoms with Crippen molar-refractivity contribution in [3.63, 3.8) is 0 Å². The van der Waals surface area contributed by atoms with Gasteiger partial charge in [-0.25, -0.2) is 13.2 Å². The Bertz CT molecular complexity index is 1000. The molecule has 2 aromatic heterocycles. The maximum Gasteiger partial charge on any atom is 0.321 e. The van der Waals surface area contributed by atoms with E-state index in [1.165, 1.54) is 0 Å². The lowest BCUT2D eigenvalue weighted by Gasteiger charge is -2.11. The van der Waals surface area contributed by atoms with Crippen molar-refractivity contribution < 1.29 is 18.0 Å². The summed E-state index contributed by atoms with van der Waals surface area (Å²) in [7, 11) is -3.05. The van der Waals surface area contributed by atoms with Crippen LogP contribution in [0.25, 0.3) is 0 Å². The molecule has 1 atom stereocenters. The average molecular weight is 470 g/mol. The van der Waals surface area contributed by atoms with Crippen molar-refractivity contribution >= 4 is 44.9 Å². The molecule has 0 aliphatic carbocycles. The zero-order valence-corrected chi connectivity index (χ0v) is 18.7. The molecule has 9 nitrogen and oxygen atoms in total. The predicted molar refractivity (Wildman–Crippen MR) is 117 cm³/mol. The van der Waals surface area contributed by atoms with E-state index >= 15 is 0 Å². The van der Waals surface area contributed by atoms with E-state index in [1.807, 2.05) is 17.5 Å². The van der Waals surface area contributed by atoms with Crippen LogP contribution in [0.4, 0.5) is 4.79 Å². The number of allylic oxidation sites excluding steroid dienone is 1. The van der Waals surface area contributed by atoms with Crippen LogP contribution in [0.5, 0.6) is 0 Å². The average Bonchev–Trinajstić information content (AvgIpc) is 3.41. The number of nitrogens with one attached hydrogen (secondary N) is 2. The van der Waals surface area contributed by atoms with Crippen molar-refractivity contribution in [1.29, 1.82) is 0 Å². The Morgan fingerprint density at radius 1 is 1.40 bits per heavy atom. The Kier molecular flexibility index (Phi) is 7.67. The van der Waals surface area contributed by atoms with Crippen LogP contribution in [0.3, 0.4) is 0 Å². The van der Waals surface area contributed by atoms with Gasteiger partial charge in [0.25, 0.3) is 0 Å². The molecule has 0 radical (unpaired) electrons. The van der Waals surface area contributed by atoms with Crippen LogP contribution in [0, 0.1) is 0 Å². The molecule has 3 heterocycles. The van der Waals surface area contributed by atoms with Gasteiger partial charge in [0, 0.05) is 23.9 Å². The van der Waals surface area contributed by atoms with Gasteiger partial charge in [-0.05, 0) is 24.3 Å². The topological polar surface area (TPSA) is 123 Å². The Labute approximate surface area is 183 Å². The molecule has 1 unspecified atom stereocenters. The summed E-state index contributed by atoms with van der Waals surface area (Å²) in [6.45, 7) is 4.57. The lowest BCUT2D eigenvalue weighted by atomic mass is 10.1. The number of rotatable bonds is 9. The normalized spacial score (nSPS) is 17.5. The van der Waals surface area contributed by atoms with E-state index in [0.717, 1.165) is 16.6 Å². The molecule has 12 heteroatoms. The Morgan fingerprint density at radius 3 is 2.90 bits per heavy atom. The molecule has 2 aromatic rings. The number of imide groups is 1. The number of thioether (sulfide) groups is 1. The Balaban J connectivity index is 1.50. The van der Waals surface area contributed by atoms with Gasteiger partial charge in [-0.3, -0.25) is 10.1 Å². The molecule has 3 amide bonds. The first kappa shape index (κ1) is 22.5. The molecule has 1 aliphatic heterocycles. The Hall–Kier alpha value is -2.18. The fraction of sp³-hybridized carbons (Fsp3) is 0.444. The number of nitrogens with zero attached hydrogens (tertiary/aromatic N) is 3. The van der Waals surface area contributed by atoms with E-state index in [9.17, 15) is 18.0 Å². The standard InChI is InChI=1S/C18H23N5O4S3/c1-2-8-23-16(13-6-10-30(26,27)12-13)21-22-18(23)29-11-15(24)20-17(25)19-7-5-14-4-3-9-28-14/h2-4,9,13H,1,5-8,10-12H2,(H2,19,20,24,25). The smallest absolute Gasteiger partial charge is 0.321 e. The molecule has 0 spiro atoms. The van der Waals surface area contributed by atoms with Crippen LogP contribution in [0.2, 0.25) is 0 Å². The van der Waals surface area contributed by atoms with Crippen molar-refractivity contribution in [1.82, 2.24) is 25.4 Å². The minimum absolute atomic E-state index is 0.0173. The summed E-state index contributed by atoms with van der Waals surface area (Å²) >= 11 is 2.75. The minimum Gasteiger partial charge on any atom is -0.337 e. The zero-order valence-electron chi connectivity index (χ0n) is 16.2. The first-order chi connectivity index (χ1) is 14.4. The second-order valence-corrected chi connectivity index (χ2v) is 11.0. The second-order valence-electron chi connectivity index (χ2n) is 6.76. The lowest BCUT2D eigenvalue weighted by Crippen LogP contribution is -2.41. The predicted octanol–water partition coefficient (Wildman–Crippen LogP) is 1.59. The molecule has 2 N–H and O–H groups in total. The summed E-state index contributed by atoms with van der Waals surface area (Å²) in [6, 6.07) is 3.39. The number of amides is 3. The highest BCUT2D eigenvalue weighted by atomic mass is 32.2. The monoisotopic (exact) mass is 469 g/mol. The number of aromatic nitrogens is 3. The SMILES string of the molecule is C=CCn1c(SCC(=O)NC(=O)NCCc2cccs2)nnc1C1CCS(=O)(=O)C1. The van der Waals surface area contributed by atoms with E-state index in [0.29, 0.717) is 36.9 Å². The van der Waals surface area contributed by atoms with Gasteiger partial charge < -0.3 is 9.88 Å². The molecule has 1 fully saturated rings. The molecule has 0 aromatic carbocycles. The molecule has 3 rings (SSSR count). The quantitative estimate of drug-likeness (QED) is 0.422. The van der Waals surface area contributed by atoms with Crippen LogP contribution in [0.15, 0.2) is 35.3 Å². The largest absolute Gasteiger partial charge is 0.337 e. The van der Waals surface area contributed by atoms with Crippen molar-refractivity contribution in [2.75, 3.05) is 23.8 Å². The summed E-state index contributed by atoms with van der Waals surface area (Å²) in [5, 5.41) is 15.7. The molecule has 162 valence electrons. The molecule has 1 aliphatic rings. The summed E-state index contributed by atoms with van der Waals surface area (Å²) in [5.74, 6) is 0.109. The number of carbonyl (C=O) groups is 2. The second kappa shape index (κ2) is 10.2. The minimum atomic E-state index is -3.05. The van der Waals surface area contributed by atoms with Gasteiger partial charge in [0.05, 0.1) is 17.3 Å². The van der Waals surface area contributed by atoms with Crippen molar-refractivity contribution in [2.24, 2.45) is 0 Å². The maximum atomic E-state index is 12.1. The van der Waals surface area contributed by atoms with Gasteiger partial charge in [0.2, 0.25) is 5.91 Å². The number of carbonyl (C=O) groups excluding carboxylic acids is 2. The summed E-state index contributed by atoms with van der Waals surface area (Å²) in [6.07, 6.45) is 2.88.